The third kappa shape index (κ3) is 13.8. The van der Waals surface area contributed by atoms with Crippen LogP contribution >= 0.6 is 11.6 Å². The minimum absolute atomic E-state index is 0.00373. The molecule has 15 rings (SSSR count). The van der Waals surface area contributed by atoms with Crippen LogP contribution in [0.5, 0.6) is 5.75 Å². The molecule has 10 aliphatic carbocycles. The smallest absolute Gasteiger partial charge is 0.409 e. The normalized spacial score (nSPS) is 44.4. The number of hydrogen-bond donors (Lipinski definition) is 2. The van der Waals surface area contributed by atoms with Gasteiger partial charge in [-0.05, 0) is 305 Å². The second kappa shape index (κ2) is 31.7. The van der Waals surface area contributed by atoms with Crippen molar-refractivity contribution in [3.8, 4) is 5.75 Å². The zero-order valence-electron chi connectivity index (χ0n) is 72.0. The number of nitro groups is 1. The Morgan fingerprint density at radius 1 is 0.595 bits per heavy atom. The molecule has 10 saturated carbocycles. The van der Waals surface area contributed by atoms with Gasteiger partial charge in [-0.25, -0.2) is 9.59 Å². The van der Waals surface area contributed by atoms with Crippen LogP contribution in [-0.2, 0) is 42.0 Å². The summed E-state index contributed by atoms with van der Waals surface area (Å²) in [4.78, 5) is 32.5. The summed E-state index contributed by atoms with van der Waals surface area (Å²) in [5.41, 5.74) is 2.88. The maximum atomic E-state index is 12.6. The monoisotopic (exact) mass is 1600 g/mol. The Morgan fingerprint density at radius 2 is 1.00 bits per heavy atom. The molecule has 0 aromatic heterocycles. The third-order valence-electron chi connectivity index (χ3n) is 36.4. The summed E-state index contributed by atoms with van der Waals surface area (Å²) in [6.07, 6.45) is 25.6. The van der Waals surface area contributed by atoms with Crippen molar-refractivity contribution in [2.45, 2.75) is 376 Å². The van der Waals surface area contributed by atoms with Gasteiger partial charge < -0.3 is 57.2 Å². The lowest BCUT2D eigenvalue weighted by atomic mass is 9.41. The van der Waals surface area contributed by atoms with E-state index in [1.54, 1.807) is 7.05 Å². The number of nitrogens with zero attached hydrogens (tertiary/aromatic N) is 1. The Balaban J connectivity index is 0.000000168. The quantitative estimate of drug-likeness (QED) is 0.0294. The molecular formula is C91H147ClN2O15Si2. The number of carbonyl (C=O) groups excluding carboxylic acids is 2. The van der Waals surface area contributed by atoms with E-state index in [9.17, 15) is 24.8 Å². The molecule has 4 spiro atoms. The van der Waals surface area contributed by atoms with Gasteiger partial charge in [0, 0.05) is 54.8 Å². The number of aliphatic hydroxyl groups excluding tert-OH is 1. The van der Waals surface area contributed by atoms with Gasteiger partial charge in [0.15, 0.2) is 35.3 Å². The van der Waals surface area contributed by atoms with E-state index < -0.39 is 45.3 Å². The Bertz CT molecular complexity index is 3510. The number of nitrogens with one attached hydrogen (secondary N) is 1. The molecule has 626 valence electrons. The fourth-order valence-corrected chi connectivity index (χ4v) is 36.0. The number of amides is 1. The fraction of sp³-hybridized carbons (Fsp3) is 0.868. The Kier molecular flexibility index (Phi) is 24.6. The van der Waals surface area contributed by atoms with E-state index in [-0.39, 0.29) is 99.2 Å². The average molecular weight is 1600 g/mol. The van der Waals surface area contributed by atoms with Crippen LogP contribution in [-0.4, -0.2) is 132 Å². The van der Waals surface area contributed by atoms with Crippen LogP contribution in [0.25, 0.3) is 0 Å². The lowest BCUT2D eigenvalue weighted by molar-refractivity contribution is -0.384. The van der Waals surface area contributed by atoms with Gasteiger partial charge >= 0.3 is 11.5 Å². The van der Waals surface area contributed by atoms with Crippen molar-refractivity contribution < 1.29 is 66.4 Å². The van der Waals surface area contributed by atoms with E-state index in [1.807, 2.05) is 13.8 Å². The van der Waals surface area contributed by atoms with Crippen LogP contribution in [0, 0.1) is 112 Å². The number of non-ortho nitro benzene ring substituents is 1. The first-order chi connectivity index (χ1) is 52.4. The highest BCUT2D eigenvalue weighted by Crippen LogP contribution is 2.92. The highest BCUT2D eigenvalue weighted by Gasteiger charge is 2.87. The van der Waals surface area contributed by atoms with Crippen molar-refractivity contribution in [3.05, 3.63) is 58.7 Å². The largest absolute Gasteiger partial charge is 0.439 e. The van der Waals surface area contributed by atoms with Crippen molar-refractivity contribution in [1.82, 2.24) is 5.32 Å². The predicted octanol–water partition coefficient (Wildman–Crippen LogP) is 22.1. The summed E-state index contributed by atoms with van der Waals surface area (Å²) in [6, 6.07) is 11.9. The molecule has 0 bridgehead atoms. The van der Waals surface area contributed by atoms with E-state index >= 15 is 0 Å². The molecule has 4 aliphatic heterocycles. The van der Waals surface area contributed by atoms with E-state index in [1.165, 1.54) is 127 Å². The van der Waals surface area contributed by atoms with E-state index in [2.05, 4.69) is 134 Å². The minimum Gasteiger partial charge on any atom is -0.439 e. The summed E-state index contributed by atoms with van der Waals surface area (Å²) in [7, 11) is -2.35. The van der Waals surface area contributed by atoms with Crippen molar-refractivity contribution in [2.24, 2.45) is 101 Å². The van der Waals surface area contributed by atoms with Crippen LogP contribution in [0.15, 0.2) is 48.6 Å². The summed E-state index contributed by atoms with van der Waals surface area (Å²) >= 11 is 4.92. The number of nitro benzene ring substituents is 1. The van der Waals surface area contributed by atoms with Crippen LogP contribution in [0.3, 0.4) is 0 Å². The number of alkyl carbamates (subject to hydrolysis) is 1. The zero-order chi connectivity index (χ0) is 80.4. The molecule has 0 radical (unpaired) electrons. The van der Waals surface area contributed by atoms with Gasteiger partial charge in [0.2, 0.25) is 0 Å². The molecular weight excluding hydrogens is 1450 g/mol. The molecule has 17 nitrogen and oxygen atoms in total. The standard InChI is InChI=1S/C43H73NO6Si.C41H70O5Si.C7H4ClNO4/c1-12-51(13-2,14-3)50-37-36-34(28(6)25-29(47-36)35(27(4)5)49-38(45)44-11)40(9)22-23-43-26-42(43)21-20-32(48-33-17-15-16-24-46-33)39(7,8)30(42)18-19-31(43)41(37,40)10;1-11-47(12-2,13-3)46-36-35-33(27(6)24-28(44-35)34(42)26(4)5)38(9)21-22-41-25-40(41)20-19-31(45-32-16-14-15-23-43-32)37(7,8)29(40)17-18-30(41)39(36,38)10;8-7(10)13-6-3-1-5(2-4-6)9(11)12/h28-37H,4,12-26H2,1-3,5-11H3,(H,44,45);27-36,42H,4,11-25H2,1-3,5-10H3;1-4H/t28-,29-,30+,31+,32+,33+,34+,35-,36+,37+,40-,41-,42-,43?;27-,28-,29+,30+,31+,32+,33+,34-,35+,36+,38-,39-,40-,41?;/m11./s1. The Morgan fingerprint density at radius 3 is 1.37 bits per heavy atom. The number of halogens is 1. The number of aliphatic hydroxyl groups is 1. The van der Waals surface area contributed by atoms with E-state index in [0.29, 0.717) is 75.1 Å². The summed E-state index contributed by atoms with van der Waals surface area (Å²) in [6.45, 7) is 54.2. The Hall–Kier alpha value is -2.80. The fourth-order valence-electron chi connectivity index (χ4n) is 30.1. The number of hydrogen-bond acceptors (Lipinski definition) is 15. The van der Waals surface area contributed by atoms with Gasteiger partial charge in [-0.1, -0.05) is 124 Å². The number of ether oxygens (including phenoxy) is 8. The Labute approximate surface area is 675 Å². The van der Waals surface area contributed by atoms with Gasteiger partial charge in [0.25, 0.3) is 5.69 Å². The third-order valence-corrected chi connectivity index (χ3v) is 45.7. The van der Waals surface area contributed by atoms with Crippen molar-refractivity contribution in [1.29, 1.82) is 0 Å². The molecule has 4 saturated heterocycles. The first-order valence-electron chi connectivity index (χ1n) is 44.6. The van der Waals surface area contributed by atoms with Crippen LogP contribution in [0.2, 0.25) is 36.3 Å². The molecule has 14 fully saturated rings. The minimum atomic E-state index is -2.02. The molecule has 4 heterocycles. The molecule has 1 amide bonds. The highest BCUT2D eigenvalue weighted by atomic mass is 35.5. The summed E-state index contributed by atoms with van der Waals surface area (Å²) in [5, 5.41) is 24.2. The lowest BCUT2D eigenvalue weighted by Gasteiger charge is -2.64. The molecule has 14 aliphatic rings. The number of fused-ring (bicyclic) bond motifs is 8. The first-order valence-corrected chi connectivity index (χ1v) is 50.1. The molecule has 111 heavy (non-hydrogen) atoms. The maximum absolute atomic E-state index is 12.6. The van der Waals surface area contributed by atoms with Gasteiger partial charge in [-0.2, -0.15) is 0 Å². The molecule has 1 aromatic carbocycles. The molecule has 28 atom stereocenters. The van der Waals surface area contributed by atoms with Crippen LogP contribution < -0.4 is 10.1 Å². The van der Waals surface area contributed by atoms with E-state index in [4.69, 9.17) is 53.6 Å². The SMILES string of the molecule is C=C(C)[C@@H](O)[C@H]1C[C@@H](C)[C@H]2[C@H](O1)[C@H](O[Si](CC)(CC)CC)[C@@]1(C)[C@@H]3CC[C@H]4C(C)(C)[C@@H](O[C@H]5CCCCO5)CC[C@@]45CC35CC[C@]21C.C=C(C)[C@@H](OC(=O)NC)[C@H]1C[C@@H](C)[C@H]2[C@H](O1)[C@H](O[Si](CC)(CC)CC)[C@@]1(C)[C@@H]3CC[C@H]4C(C)(C)[C@@H](O[C@H]5CCCCO5)CC[C@@]45CC35CC[C@]21C.O=C(Cl)Oc1ccc([N+](=O)[O-])cc1. The average Bonchev–Trinajstić information content (AvgIpc) is 1.46. The molecule has 1 aromatic rings. The predicted molar refractivity (Wildman–Crippen MR) is 441 cm³/mol. The summed E-state index contributed by atoms with van der Waals surface area (Å²) < 4.78 is 66.8. The van der Waals surface area contributed by atoms with E-state index in [0.717, 1.165) is 99.1 Å². The second-order valence-electron chi connectivity index (χ2n) is 40.9. The van der Waals surface area contributed by atoms with Crippen molar-refractivity contribution in [3.63, 3.8) is 0 Å². The number of carbonyl (C=O) groups is 2. The van der Waals surface area contributed by atoms with Gasteiger partial charge in [-0.15, -0.1) is 0 Å². The van der Waals surface area contributed by atoms with Crippen molar-refractivity contribution in [2.75, 3.05) is 20.3 Å². The first kappa shape index (κ1) is 86.1. The lowest BCUT2D eigenvalue weighted by Crippen LogP contribution is -2.61. The summed E-state index contributed by atoms with van der Waals surface area (Å²) in [5.74, 6) is 4.64. The molecule has 20 heteroatoms. The topological polar surface area (TPSA) is 202 Å². The second-order valence-corrected chi connectivity index (χ2v) is 50.7. The number of benzene rings is 1. The van der Waals surface area contributed by atoms with Gasteiger partial charge in [0.1, 0.15) is 11.9 Å². The van der Waals surface area contributed by atoms with Crippen LogP contribution in [0.1, 0.15) is 266 Å². The van der Waals surface area contributed by atoms with Gasteiger partial charge in [0.05, 0.1) is 53.8 Å². The highest BCUT2D eigenvalue weighted by molar-refractivity contribution is 6.74. The number of rotatable bonds is 21. The van der Waals surface area contributed by atoms with Crippen molar-refractivity contribution >= 4 is 45.4 Å². The maximum Gasteiger partial charge on any atom is 0.409 e. The van der Waals surface area contributed by atoms with Gasteiger partial charge in [-0.3, -0.25) is 10.1 Å². The zero-order valence-corrected chi connectivity index (χ0v) is 74.7. The molecule has 2 unspecified atom stereocenters. The molecule has 2 N–H and O–H groups in total. The van der Waals surface area contributed by atoms with Crippen LogP contribution in [0.4, 0.5) is 15.3 Å².